The number of hydrogen-bond donors (Lipinski definition) is 2. The topological polar surface area (TPSA) is 61.4 Å². The number of nitrogens with one attached hydrogen (secondary N) is 2. The van der Waals surface area contributed by atoms with E-state index < -0.39 is 0 Å². The molecular formula is C13H22ClN3O2S. The molecule has 3 rings (SSSR count). The maximum Gasteiger partial charge on any atom is 0.243 e. The monoisotopic (exact) mass is 319 g/mol. The first kappa shape index (κ1) is 15.9. The van der Waals surface area contributed by atoms with Crippen LogP contribution in [0.3, 0.4) is 0 Å². The highest BCUT2D eigenvalue weighted by Gasteiger charge is 2.39. The van der Waals surface area contributed by atoms with Crippen molar-refractivity contribution in [2.24, 2.45) is 11.8 Å². The summed E-state index contributed by atoms with van der Waals surface area (Å²) in [6, 6.07) is -0.244. The largest absolute Gasteiger partial charge is 0.354 e. The predicted molar refractivity (Wildman–Crippen MR) is 81.9 cm³/mol. The Morgan fingerprint density at radius 3 is 2.60 bits per heavy atom. The summed E-state index contributed by atoms with van der Waals surface area (Å²) in [6.07, 6.45) is 3.16. The smallest absolute Gasteiger partial charge is 0.243 e. The van der Waals surface area contributed by atoms with E-state index in [1.54, 1.807) is 16.7 Å². The van der Waals surface area contributed by atoms with Crippen LogP contribution in [-0.2, 0) is 9.59 Å². The molecule has 0 aromatic rings. The number of nitrogens with zero attached hydrogens (tertiary/aromatic N) is 1. The zero-order chi connectivity index (χ0) is 13.2. The van der Waals surface area contributed by atoms with Crippen molar-refractivity contribution in [1.29, 1.82) is 0 Å². The maximum absolute atomic E-state index is 12.3. The number of hydrogen-bond acceptors (Lipinski definition) is 4. The molecule has 1 aliphatic carbocycles. The molecule has 7 heteroatoms. The molecule has 0 spiro atoms. The van der Waals surface area contributed by atoms with Crippen LogP contribution in [0.5, 0.6) is 0 Å². The van der Waals surface area contributed by atoms with Crippen molar-refractivity contribution >= 4 is 36.0 Å². The molecular weight excluding hydrogens is 298 g/mol. The molecule has 2 heterocycles. The van der Waals surface area contributed by atoms with Crippen LogP contribution in [0.1, 0.15) is 19.3 Å². The first-order valence-corrected chi connectivity index (χ1v) is 8.28. The van der Waals surface area contributed by atoms with Gasteiger partial charge in [-0.2, -0.15) is 0 Å². The summed E-state index contributed by atoms with van der Waals surface area (Å²) < 4.78 is 0. The van der Waals surface area contributed by atoms with Gasteiger partial charge in [0.1, 0.15) is 6.04 Å². The molecule has 3 aliphatic rings. The molecule has 1 atom stereocenters. The van der Waals surface area contributed by atoms with Crippen molar-refractivity contribution in [3.63, 3.8) is 0 Å². The molecule has 3 fully saturated rings. The lowest BCUT2D eigenvalue weighted by Crippen LogP contribution is -2.53. The number of carbonyl (C=O) groups is 2. The Morgan fingerprint density at radius 2 is 2.05 bits per heavy atom. The zero-order valence-corrected chi connectivity index (χ0v) is 13.1. The maximum atomic E-state index is 12.3. The highest BCUT2D eigenvalue weighted by Crippen LogP contribution is 2.32. The third-order valence-corrected chi connectivity index (χ3v) is 5.37. The molecule has 1 saturated carbocycles. The summed E-state index contributed by atoms with van der Waals surface area (Å²) in [6.45, 7) is 2.72. The van der Waals surface area contributed by atoms with Crippen molar-refractivity contribution in [3.05, 3.63) is 0 Å². The van der Waals surface area contributed by atoms with Gasteiger partial charge < -0.3 is 15.5 Å². The Morgan fingerprint density at radius 1 is 1.30 bits per heavy atom. The standard InChI is InChI=1S/C13H21N3O2S.ClH/c17-12(15-6-9-4-14-5-9)11-7-19-8-16(11)13(18)10-2-1-3-10;/h9-11,14H,1-8H2,(H,15,17);1H. The lowest BCUT2D eigenvalue weighted by Gasteiger charge is -2.32. The predicted octanol–water partition coefficient (Wildman–Crippen LogP) is 0.445. The Balaban J connectivity index is 0.00000147. The van der Waals surface area contributed by atoms with Crippen LogP contribution in [0.2, 0.25) is 0 Å². The SMILES string of the molecule is Cl.O=C(NCC1CNC1)C1CSCN1C(=O)C1CCC1. The summed E-state index contributed by atoms with van der Waals surface area (Å²) in [5, 5.41) is 6.19. The molecule has 114 valence electrons. The minimum atomic E-state index is -0.244. The molecule has 2 saturated heterocycles. The fourth-order valence-electron chi connectivity index (χ4n) is 2.62. The van der Waals surface area contributed by atoms with Crippen LogP contribution < -0.4 is 10.6 Å². The molecule has 1 unspecified atom stereocenters. The van der Waals surface area contributed by atoms with E-state index in [2.05, 4.69) is 10.6 Å². The van der Waals surface area contributed by atoms with Crippen LogP contribution in [-0.4, -0.2) is 54.0 Å². The zero-order valence-electron chi connectivity index (χ0n) is 11.5. The fraction of sp³-hybridized carbons (Fsp3) is 0.846. The molecule has 2 aliphatic heterocycles. The van der Waals surface area contributed by atoms with Crippen LogP contribution in [0.15, 0.2) is 0 Å². The lowest BCUT2D eigenvalue weighted by atomic mass is 9.84. The van der Waals surface area contributed by atoms with Crippen molar-refractivity contribution in [2.45, 2.75) is 25.3 Å². The van der Waals surface area contributed by atoms with E-state index in [0.29, 0.717) is 11.8 Å². The third kappa shape index (κ3) is 3.23. The second-order valence-corrected chi connectivity index (χ2v) is 6.72. The lowest BCUT2D eigenvalue weighted by molar-refractivity contribution is -0.143. The van der Waals surface area contributed by atoms with Gasteiger partial charge in [0.15, 0.2) is 0 Å². The van der Waals surface area contributed by atoms with Crippen LogP contribution in [0, 0.1) is 11.8 Å². The molecule has 2 amide bonds. The first-order chi connectivity index (χ1) is 9.25. The van der Waals surface area contributed by atoms with Gasteiger partial charge in [0.05, 0.1) is 5.88 Å². The van der Waals surface area contributed by atoms with E-state index in [-0.39, 0.29) is 36.2 Å². The van der Waals surface area contributed by atoms with E-state index in [1.165, 1.54) is 0 Å². The molecule has 2 N–H and O–H groups in total. The molecule has 0 radical (unpaired) electrons. The molecule has 5 nitrogen and oxygen atoms in total. The first-order valence-electron chi connectivity index (χ1n) is 7.12. The summed E-state index contributed by atoms with van der Waals surface area (Å²) >= 11 is 1.68. The average molecular weight is 320 g/mol. The number of amides is 2. The van der Waals surface area contributed by atoms with E-state index in [4.69, 9.17) is 0 Å². The minimum absolute atomic E-state index is 0. The van der Waals surface area contributed by atoms with Gasteiger partial charge in [0.2, 0.25) is 11.8 Å². The summed E-state index contributed by atoms with van der Waals surface area (Å²) in [5.41, 5.74) is 0. The Kier molecular flexibility index (Phi) is 5.57. The van der Waals surface area contributed by atoms with E-state index in [9.17, 15) is 9.59 Å². The van der Waals surface area contributed by atoms with Gasteiger partial charge in [-0.1, -0.05) is 6.42 Å². The molecule has 0 aromatic carbocycles. The summed E-state index contributed by atoms with van der Waals surface area (Å²) in [5.74, 6) is 2.40. The van der Waals surface area contributed by atoms with Gasteiger partial charge in [0, 0.05) is 37.2 Å². The second kappa shape index (κ2) is 7.00. The third-order valence-electron chi connectivity index (χ3n) is 4.35. The minimum Gasteiger partial charge on any atom is -0.354 e. The Labute approximate surface area is 130 Å². The van der Waals surface area contributed by atoms with Crippen molar-refractivity contribution in [2.75, 3.05) is 31.3 Å². The van der Waals surface area contributed by atoms with Gasteiger partial charge in [-0.15, -0.1) is 24.2 Å². The second-order valence-electron chi connectivity index (χ2n) is 5.72. The molecule has 0 bridgehead atoms. The summed E-state index contributed by atoms with van der Waals surface area (Å²) in [4.78, 5) is 26.3. The van der Waals surface area contributed by atoms with Gasteiger partial charge in [0.25, 0.3) is 0 Å². The molecule has 0 aromatic heterocycles. The number of thioether (sulfide) groups is 1. The van der Waals surface area contributed by atoms with Crippen molar-refractivity contribution in [3.8, 4) is 0 Å². The normalized spacial score (nSPS) is 26.4. The van der Waals surface area contributed by atoms with Crippen molar-refractivity contribution in [1.82, 2.24) is 15.5 Å². The van der Waals surface area contributed by atoms with Gasteiger partial charge >= 0.3 is 0 Å². The van der Waals surface area contributed by atoms with E-state index in [0.717, 1.165) is 44.6 Å². The fourth-order valence-corrected chi connectivity index (χ4v) is 3.79. The quantitative estimate of drug-likeness (QED) is 0.789. The highest BCUT2D eigenvalue weighted by molar-refractivity contribution is 7.99. The van der Waals surface area contributed by atoms with Gasteiger partial charge in [-0.05, 0) is 12.8 Å². The van der Waals surface area contributed by atoms with Crippen LogP contribution in [0.4, 0.5) is 0 Å². The number of carbonyl (C=O) groups excluding carboxylic acids is 2. The summed E-state index contributed by atoms with van der Waals surface area (Å²) in [7, 11) is 0. The van der Waals surface area contributed by atoms with Gasteiger partial charge in [-0.25, -0.2) is 0 Å². The van der Waals surface area contributed by atoms with Crippen LogP contribution >= 0.6 is 24.2 Å². The Bertz CT molecular complexity index is 375. The molecule has 20 heavy (non-hydrogen) atoms. The number of rotatable bonds is 4. The van der Waals surface area contributed by atoms with E-state index in [1.807, 2.05) is 0 Å². The average Bonchev–Trinajstić information content (AvgIpc) is 2.72. The Hall–Kier alpha value is -0.460. The van der Waals surface area contributed by atoms with Crippen molar-refractivity contribution < 1.29 is 9.59 Å². The van der Waals surface area contributed by atoms with E-state index >= 15 is 0 Å². The van der Waals surface area contributed by atoms with Gasteiger partial charge in [-0.3, -0.25) is 9.59 Å². The number of halogens is 1. The van der Waals surface area contributed by atoms with Crippen LogP contribution in [0.25, 0.3) is 0 Å². The highest BCUT2D eigenvalue weighted by atomic mass is 35.5.